The van der Waals surface area contributed by atoms with Crippen LogP contribution in [0.1, 0.15) is 490 Å². The molecule has 37 fully saturated rings. The second-order valence-corrected chi connectivity index (χ2v) is 53.1. The van der Waals surface area contributed by atoms with Gasteiger partial charge in [0.05, 0.1) is 0 Å². The molecule has 0 aromatic carbocycles. The number of fused-ring (bicyclic) bond motifs is 15. The SMILES string of the molecule is CC12CC3CC(CC(C3)C1)C2.CC12CCC(C1)C2.CC12CCC(CC1)C2.CC1C2CC3CC(C2)CC1C3.CC1C2CCC1C2.CC1C2CCCC1C2.CC1CC1.CC1CC2CC(C2)C1C.CC1CC2CC1C2.CC1CC2CCC1C2.CC1CCC1.CC1CCC2CC1C2.CC1CCCC1.CC1CCCCC1.C[C@@H]1CC2CC(C2)[C@H]1C. The highest BCUT2D eigenvalue weighted by molar-refractivity contribution is 5.02. The zero-order chi connectivity index (χ0) is 80.9. The van der Waals surface area contributed by atoms with Gasteiger partial charge in [-0.05, 0) is 479 Å². The molecule has 37 aliphatic rings. The van der Waals surface area contributed by atoms with Crippen LogP contribution in [0, 0.1) is 235 Å². The average Bonchev–Trinajstić information content (AvgIpc) is 1.77. The smallest absolute Gasteiger partial charge is 0.0318 e. The first-order chi connectivity index (χ1) is 55.1. The van der Waals surface area contributed by atoms with Crippen molar-refractivity contribution in [2.24, 2.45) is 235 Å². The number of rotatable bonds is 0. The van der Waals surface area contributed by atoms with Gasteiger partial charge in [0.15, 0.2) is 0 Å². The summed E-state index contributed by atoms with van der Waals surface area (Å²) in [5, 5.41) is 0. The summed E-state index contributed by atoms with van der Waals surface area (Å²) in [6, 6.07) is 0. The molecule has 0 aromatic heterocycles. The lowest BCUT2D eigenvalue weighted by molar-refractivity contribution is -0.0411. The van der Waals surface area contributed by atoms with Crippen LogP contribution in [0.25, 0.3) is 0 Å². The highest BCUT2D eigenvalue weighted by atomic mass is 14.6. The third-order valence-electron chi connectivity index (χ3n) is 43.1. The van der Waals surface area contributed by atoms with Gasteiger partial charge in [-0.1, -0.05) is 246 Å². The zero-order valence-electron chi connectivity index (χ0n) is 80.9. The maximum absolute atomic E-state index is 2.54. The normalized spacial score (nSPS) is 50.4. The molecular formula is C115H204. The Morgan fingerprint density at radius 3 is 0.635 bits per heavy atom. The fraction of sp³-hybridized carbons (Fsp3) is 1.00. The van der Waals surface area contributed by atoms with E-state index in [1.165, 1.54) is 179 Å². The van der Waals surface area contributed by atoms with Crippen molar-refractivity contribution in [2.75, 3.05) is 0 Å². The Hall–Kier alpha value is 0. The summed E-state index contributed by atoms with van der Waals surface area (Å²) in [5.41, 5.74) is 2.45. The van der Waals surface area contributed by atoms with Crippen molar-refractivity contribution in [3.8, 4) is 0 Å². The van der Waals surface area contributed by atoms with Gasteiger partial charge in [-0.15, -0.1) is 0 Å². The van der Waals surface area contributed by atoms with Gasteiger partial charge in [0.25, 0.3) is 0 Å². The largest absolute Gasteiger partial charge is 0.0625 e. The quantitative estimate of drug-likeness (QED) is 0.227. The van der Waals surface area contributed by atoms with Crippen molar-refractivity contribution in [3.63, 3.8) is 0 Å². The van der Waals surface area contributed by atoms with E-state index in [0.29, 0.717) is 0 Å². The lowest BCUT2D eigenvalue weighted by Crippen LogP contribution is -2.44. The topological polar surface area (TPSA) is 0 Å². The molecule has 0 heterocycles. The van der Waals surface area contributed by atoms with Crippen molar-refractivity contribution in [1.82, 2.24) is 0 Å². The summed E-state index contributed by atoms with van der Waals surface area (Å²) in [6.45, 7) is 41.0. The van der Waals surface area contributed by atoms with E-state index in [-0.39, 0.29) is 0 Å². The van der Waals surface area contributed by atoms with Gasteiger partial charge in [-0.25, -0.2) is 0 Å². The van der Waals surface area contributed by atoms with Gasteiger partial charge in [0, 0.05) is 0 Å². The van der Waals surface area contributed by atoms with E-state index in [1.54, 1.807) is 199 Å². The molecule has 37 rings (SSSR count). The van der Waals surface area contributed by atoms with Gasteiger partial charge in [0.2, 0.25) is 0 Å². The minimum absolute atomic E-state index is 0.800. The predicted octanol–water partition coefficient (Wildman–Crippen LogP) is 35.9. The van der Waals surface area contributed by atoms with Crippen LogP contribution in [-0.4, -0.2) is 0 Å². The fourth-order valence-corrected chi connectivity index (χ4v) is 33.5. The third-order valence-corrected chi connectivity index (χ3v) is 43.1. The van der Waals surface area contributed by atoms with Crippen LogP contribution in [0.4, 0.5) is 0 Å². The van der Waals surface area contributed by atoms with Crippen LogP contribution < -0.4 is 0 Å². The molecule has 0 radical (unpaired) electrons. The van der Waals surface area contributed by atoms with Gasteiger partial charge in [0.1, 0.15) is 0 Å². The Labute approximate surface area is 720 Å². The van der Waals surface area contributed by atoms with Gasteiger partial charge in [-0.2, -0.15) is 0 Å². The molecule has 0 spiro atoms. The molecule has 0 saturated heterocycles. The van der Waals surface area contributed by atoms with E-state index in [1.807, 2.05) is 0 Å². The second-order valence-electron chi connectivity index (χ2n) is 53.1. The summed E-state index contributed by atoms with van der Waals surface area (Å²) in [4.78, 5) is 0. The molecule has 37 aliphatic carbocycles. The number of hydrogen-bond donors (Lipinski definition) is 0. The van der Waals surface area contributed by atoms with Crippen molar-refractivity contribution >= 4 is 0 Å². The molecule has 0 amide bonds. The first kappa shape index (κ1) is 91.2. The molecule has 0 aromatic rings. The Bertz CT molecular complexity index is 2580. The van der Waals surface area contributed by atoms with Crippen LogP contribution in [-0.2, 0) is 0 Å². The summed E-state index contributed by atoms with van der Waals surface area (Å²) in [7, 11) is 0. The first-order valence-corrected chi connectivity index (χ1v) is 55.1. The molecule has 0 heteroatoms. The number of hydrogen-bond acceptors (Lipinski definition) is 0. The van der Waals surface area contributed by atoms with Crippen LogP contribution in [0.2, 0.25) is 0 Å². The molecule has 13 atom stereocenters. The van der Waals surface area contributed by atoms with Crippen molar-refractivity contribution < 1.29 is 0 Å². The zero-order valence-corrected chi connectivity index (χ0v) is 80.9. The van der Waals surface area contributed by atoms with Crippen molar-refractivity contribution in [1.29, 1.82) is 0 Å². The Morgan fingerprint density at radius 2 is 0.443 bits per heavy atom. The van der Waals surface area contributed by atoms with E-state index in [2.05, 4.69) is 118 Å². The summed E-state index contributed by atoms with van der Waals surface area (Å²) >= 11 is 0. The van der Waals surface area contributed by atoms with Crippen LogP contribution in [0.5, 0.6) is 0 Å². The summed E-state index contributed by atoms with van der Waals surface area (Å²) < 4.78 is 0. The Morgan fingerprint density at radius 1 is 0.148 bits per heavy atom. The highest BCUT2D eigenvalue weighted by Crippen LogP contribution is 2.63. The minimum Gasteiger partial charge on any atom is -0.0625 e. The highest BCUT2D eigenvalue weighted by Gasteiger charge is 2.51. The van der Waals surface area contributed by atoms with E-state index < -0.39 is 0 Å². The van der Waals surface area contributed by atoms with E-state index in [4.69, 9.17) is 0 Å². The maximum Gasteiger partial charge on any atom is -0.0318 e. The van der Waals surface area contributed by atoms with E-state index >= 15 is 0 Å². The summed E-state index contributed by atoms with van der Waals surface area (Å²) in [5.74, 6) is 41.3. The van der Waals surface area contributed by atoms with Gasteiger partial charge >= 0.3 is 0 Å². The van der Waals surface area contributed by atoms with E-state index in [9.17, 15) is 0 Å². The van der Waals surface area contributed by atoms with Crippen LogP contribution in [0.3, 0.4) is 0 Å². The maximum atomic E-state index is 2.54. The monoisotopic (exact) mass is 1590 g/mol. The van der Waals surface area contributed by atoms with Crippen molar-refractivity contribution in [3.05, 3.63) is 0 Å². The molecule has 0 aliphatic heterocycles. The fourth-order valence-electron chi connectivity index (χ4n) is 33.5. The third kappa shape index (κ3) is 25.5. The minimum atomic E-state index is 0.800. The molecule has 664 valence electrons. The van der Waals surface area contributed by atoms with Gasteiger partial charge in [-0.3, -0.25) is 0 Å². The van der Waals surface area contributed by atoms with Gasteiger partial charge < -0.3 is 0 Å². The van der Waals surface area contributed by atoms with E-state index in [0.717, 1.165) is 229 Å². The first-order valence-electron chi connectivity index (χ1n) is 55.1. The standard InChI is InChI=1S/2C11H18.2C9H16.4C8H14.3C7H12.C7H14.C6H12.C5H10.C4H8/c1-11-5-8-2-9(6-11)4-10(3-8)7-11;1-7-10-3-8-2-9(5-10)6-11(7)4-8;2*1-6-3-8-4-9(5-8)7(6)2;1-8-4-2-7(6-8)3-5-8;1-6-4-7-2-3-8(6)5-7;1-6-2-3-7-4-8(6)5-7;1-6-7-3-2-4-8(6)5-7;1-5-2-6-3-7(5)4-6;1-7-3-2-6(4-7)5-7;1-5-6-2-3-7(5)4-6;1-7-5-3-2-4-6-7;1-6-4-2-3-5-6;1-5-3-2-4-5;1-4-2-3-4/h8-10H,2-7H2,1H3;7-11H,2-6H2,1H3;2*6-9H,3-5H2,1-2H3;7H,2-6H2,1H3;3*6-8H,2-5H2,1H3;5-7H,2-4H2,1H3;6H,2-5H2,1H3;5-7H,2-4H2,1H3;7H,2-6H2,1H3;6H,2-5H2,1H3;5H,2-4H2,1H3;4H,2-3H2,1H3/t;;6-,7+,8?,9?;;;;;;;;;;;;/m..1............/s1. The molecule has 115 heavy (non-hydrogen) atoms. The lowest BCUT2D eigenvalue weighted by Gasteiger charge is -2.55. The molecule has 11 unspecified atom stereocenters. The van der Waals surface area contributed by atoms with Crippen LogP contribution >= 0.6 is 0 Å². The second kappa shape index (κ2) is 41.6. The van der Waals surface area contributed by atoms with Crippen molar-refractivity contribution in [2.45, 2.75) is 490 Å². The van der Waals surface area contributed by atoms with Crippen LogP contribution in [0.15, 0.2) is 0 Å². The molecule has 26 bridgehead atoms. The molecule has 37 saturated carbocycles. The Balaban J connectivity index is 0.000000102. The predicted molar refractivity (Wildman–Crippen MR) is 501 cm³/mol. The molecule has 0 nitrogen and oxygen atoms in total. The Kier molecular flexibility index (Phi) is 33.0. The lowest BCUT2D eigenvalue weighted by atomic mass is 9.50. The summed E-state index contributed by atoms with van der Waals surface area (Å²) in [6.07, 6.45) is 89.3. The molecule has 0 N–H and O–H groups in total. The molecular weight excluding hydrogens is 1380 g/mol. The average molecular weight is 1590 g/mol.